The van der Waals surface area contributed by atoms with E-state index in [1.165, 1.54) is 17.7 Å². The lowest BCUT2D eigenvalue weighted by molar-refractivity contribution is 0.0939. The summed E-state index contributed by atoms with van der Waals surface area (Å²) in [6.45, 7) is 5.21. The minimum Gasteiger partial charge on any atom is -0.374 e. The predicted molar refractivity (Wildman–Crippen MR) is 75.3 cm³/mol. The molecule has 1 amide bonds. The van der Waals surface area contributed by atoms with Crippen LogP contribution in [0.15, 0.2) is 18.2 Å². The van der Waals surface area contributed by atoms with Crippen LogP contribution in [0.4, 0.5) is 5.69 Å². The Morgan fingerprint density at radius 1 is 1.50 bits per heavy atom. The summed E-state index contributed by atoms with van der Waals surface area (Å²) in [7, 11) is 2.11. The first kappa shape index (κ1) is 12.9. The van der Waals surface area contributed by atoms with Gasteiger partial charge in [-0.05, 0) is 49.9 Å². The second-order valence-electron chi connectivity index (χ2n) is 5.15. The summed E-state index contributed by atoms with van der Waals surface area (Å²) in [5, 5.41) is 3.01. The molecule has 0 fully saturated rings. The quantitative estimate of drug-likeness (QED) is 0.889. The molecule has 0 aliphatic carbocycles. The summed E-state index contributed by atoms with van der Waals surface area (Å²) < 4.78 is 0. The van der Waals surface area contributed by atoms with Crippen molar-refractivity contribution in [2.24, 2.45) is 0 Å². The number of benzene rings is 1. The van der Waals surface area contributed by atoms with Gasteiger partial charge >= 0.3 is 0 Å². The molecule has 0 saturated heterocycles. The number of amides is 1. The van der Waals surface area contributed by atoms with Crippen molar-refractivity contribution in [2.45, 2.75) is 39.2 Å². The van der Waals surface area contributed by atoms with E-state index in [1.54, 1.807) is 0 Å². The van der Waals surface area contributed by atoms with Gasteiger partial charge in [-0.25, -0.2) is 0 Å². The molecule has 1 aliphatic heterocycles. The van der Waals surface area contributed by atoms with Crippen LogP contribution in [-0.4, -0.2) is 25.5 Å². The summed E-state index contributed by atoms with van der Waals surface area (Å²) >= 11 is 0. The van der Waals surface area contributed by atoms with Gasteiger partial charge in [0, 0.05) is 30.9 Å². The van der Waals surface area contributed by atoms with Gasteiger partial charge < -0.3 is 10.2 Å². The number of carbonyl (C=O) groups excluding carboxylic acids is 1. The number of hydrogen-bond donors (Lipinski definition) is 1. The Labute approximate surface area is 109 Å². The van der Waals surface area contributed by atoms with Crippen LogP contribution in [0.2, 0.25) is 0 Å². The second-order valence-corrected chi connectivity index (χ2v) is 5.15. The average molecular weight is 246 g/mol. The molecule has 0 aromatic heterocycles. The lowest BCUT2D eigenvalue weighted by atomic mass is 9.99. The zero-order chi connectivity index (χ0) is 13.1. The standard InChI is InChI=1S/C15H22N2O/c1-4-11(2)16-15(18)13-7-8-14-12(10-13)6-5-9-17(14)3/h7-8,10-11H,4-6,9H2,1-3H3,(H,16,18). The van der Waals surface area contributed by atoms with E-state index in [1.807, 2.05) is 19.1 Å². The van der Waals surface area contributed by atoms with Gasteiger partial charge in [-0.3, -0.25) is 4.79 Å². The molecule has 1 aromatic rings. The van der Waals surface area contributed by atoms with Crippen molar-refractivity contribution < 1.29 is 4.79 Å². The molecular weight excluding hydrogens is 224 g/mol. The van der Waals surface area contributed by atoms with Crippen LogP contribution in [0.3, 0.4) is 0 Å². The van der Waals surface area contributed by atoms with Gasteiger partial charge in [-0.2, -0.15) is 0 Å². The highest BCUT2D eigenvalue weighted by Gasteiger charge is 2.16. The Bertz CT molecular complexity index is 442. The van der Waals surface area contributed by atoms with E-state index in [9.17, 15) is 4.79 Å². The lowest BCUT2D eigenvalue weighted by Gasteiger charge is -2.27. The maximum absolute atomic E-state index is 12.1. The Hall–Kier alpha value is -1.51. The summed E-state index contributed by atoms with van der Waals surface area (Å²) in [4.78, 5) is 14.3. The van der Waals surface area contributed by atoms with Crippen LogP contribution in [0.25, 0.3) is 0 Å². The molecule has 3 nitrogen and oxygen atoms in total. The third-order valence-electron chi connectivity index (χ3n) is 3.68. The summed E-state index contributed by atoms with van der Waals surface area (Å²) in [6, 6.07) is 6.28. The number of aryl methyl sites for hydroxylation is 1. The largest absolute Gasteiger partial charge is 0.374 e. The van der Waals surface area contributed by atoms with Crippen molar-refractivity contribution in [1.82, 2.24) is 5.32 Å². The molecule has 0 spiro atoms. The van der Waals surface area contributed by atoms with Gasteiger partial charge in [0.2, 0.25) is 0 Å². The number of fused-ring (bicyclic) bond motifs is 1. The average Bonchev–Trinajstić information content (AvgIpc) is 2.38. The van der Waals surface area contributed by atoms with Crippen LogP contribution in [-0.2, 0) is 6.42 Å². The number of nitrogens with zero attached hydrogens (tertiary/aromatic N) is 1. The first-order valence-corrected chi connectivity index (χ1v) is 6.76. The molecule has 1 aromatic carbocycles. The van der Waals surface area contributed by atoms with E-state index in [4.69, 9.17) is 0 Å². The van der Waals surface area contributed by atoms with E-state index in [2.05, 4.69) is 30.3 Å². The summed E-state index contributed by atoms with van der Waals surface area (Å²) in [6.07, 6.45) is 3.20. The SMILES string of the molecule is CCC(C)NC(=O)c1ccc2c(c1)CCCN2C. The fourth-order valence-electron chi connectivity index (χ4n) is 2.34. The monoisotopic (exact) mass is 246 g/mol. The Kier molecular flexibility index (Phi) is 3.90. The first-order chi connectivity index (χ1) is 8.61. The molecule has 0 saturated carbocycles. The van der Waals surface area contributed by atoms with Crippen molar-refractivity contribution >= 4 is 11.6 Å². The third-order valence-corrected chi connectivity index (χ3v) is 3.68. The maximum Gasteiger partial charge on any atom is 0.251 e. The van der Waals surface area contributed by atoms with Crippen molar-refractivity contribution in [2.75, 3.05) is 18.5 Å². The van der Waals surface area contributed by atoms with E-state index in [0.29, 0.717) is 0 Å². The third kappa shape index (κ3) is 2.66. The Morgan fingerprint density at radius 2 is 2.28 bits per heavy atom. The van der Waals surface area contributed by atoms with Crippen LogP contribution < -0.4 is 10.2 Å². The predicted octanol–water partition coefficient (Wildman–Crippen LogP) is 2.60. The molecule has 1 N–H and O–H groups in total. The molecular formula is C15H22N2O. The molecule has 0 bridgehead atoms. The van der Waals surface area contributed by atoms with Crippen LogP contribution in [0, 0.1) is 0 Å². The number of carbonyl (C=O) groups is 1. The zero-order valence-corrected chi connectivity index (χ0v) is 11.5. The molecule has 1 atom stereocenters. The minimum absolute atomic E-state index is 0.0420. The second kappa shape index (κ2) is 5.42. The molecule has 98 valence electrons. The van der Waals surface area contributed by atoms with Gasteiger partial charge in [0.1, 0.15) is 0 Å². The molecule has 18 heavy (non-hydrogen) atoms. The minimum atomic E-state index is 0.0420. The number of hydrogen-bond acceptors (Lipinski definition) is 2. The smallest absolute Gasteiger partial charge is 0.251 e. The normalized spacial score (nSPS) is 16.1. The Morgan fingerprint density at radius 3 is 3.00 bits per heavy atom. The van der Waals surface area contributed by atoms with Crippen molar-refractivity contribution in [1.29, 1.82) is 0 Å². The highest BCUT2D eigenvalue weighted by atomic mass is 16.1. The highest BCUT2D eigenvalue weighted by Crippen LogP contribution is 2.26. The Balaban J connectivity index is 2.18. The van der Waals surface area contributed by atoms with E-state index < -0.39 is 0 Å². The lowest BCUT2D eigenvalue weighted by Crippen LogP contribution is -2.32. The molecule has 2 rings (SSSR count). The van der Waals surface area contributed by atoms with Gasteiger partial charge in [-0.15, -0.1) is 0 Å². The first-order valence-electron chi connectivity index (χ1n) is 6.76. The topological polar surface area (TPSA) is 32.3 Å². The molecule has 1 heterocycles. The van der Waals surface area contributed by atoms with E-state index in [0.717, 1.165) is 24.9 Å². The maximum atomic E-state index is 12.1. The van der Waals surface area contributed by atoms with Gasteiger partial charge in [0.25, 0.3) is 5.91 Å². The number of nitrogens with one attached hydrogen (secondary N) is 1. The summed E-state index contributed by atoms with van der Waals surface area (Å²) in [5.74, 6) is 0.0420. The van der Waals surface area contributed by atoms with Gasteiger partial charge in [-0.1, -0.05) is 6.92 Å². The van der Waals surface area contributed by atoms with Crippen molar-refractivity contribution in [3.05, 3.63) is 29.3 Å². The van der Waals surface area contributed by atoms with E-state index >= 15 is 0 Å². The van der Waals surface area contributed by atoms with Gasteiger partial charge in [0.15, 0.2) is 0 Å². The van der Waals surface area contributed by atoms with Crippen LogP contribution >= 0.6 is 0 Å². The molecule has 1 aliphatic rings. The van der Waals surface area contributed by atoms with E-state index in [-0.39, 0.29) is 11.9 Å². The highest BCUT2D eigenvalue weighted by molar-refractivity contribution is 5.95. The van der Waals surface area contributed by atoms with Crippen molar-refractivity contribution in [3.63, 3.8) is 0 Å². The fraction of sp³-hybridized carbons (Fsp3) is 0.533. The summed E-state index contributed by atoms with van der Waals surface area (Å²) in [5.41, 5.74) is 3.34. The number of rotatable bonds is 3. The molecule has 0 radical (unpaired) electrons. The van der Waals surface area contributed by atoms with Crippen LogP contribution in [0.5, 0.6) is 0 Å². The van der Waals surface area contributed by atoms with Crippen LogP contribution in [0.1, 0.15) is 42.6 Å². The molecule has 3 heteroatoms. The zero-order valence-electron chi connectivity index (χ0n) is 11.5. The fourth-order valence-corrected chi connectivity index (χ4v) is 2.34. The van der Waals surface area contributed by atoms with Gasteiger partial charge in [0.05, 0.1) is 0 Å². The molecule has 1 unspecified atom stereocenters. The van der Waals surface area contributed by atoms with Crippen molar-refractivity contribution in [3.8, 4) is 0 Å². The number of anilines is 1.